The minimum Gasteiger partial charge on any atom is -0.287 e. The molecule has 0 aromatic heterocycles. The lowest BCUT2D eigenvalue weighted by atomic mass is 10.0. The van der Waals surface area contributed by atoms with Crippen molar-refractivity contribution >= 4 is 11.6 Å². The molecule has 64 valence electrons. The van der Waals surface area contributed by atoms with Crippen molar-refractivity contribution in [3.8, 4) is 12.3 Å². The Hall–Kier alpha value is -0.190. The van der Waals surface area contributed by atoms with Crippen LogP contribution in [0.1, 0.15) is 20.8 Å². The molecule has 0 aromatic carbocycles. The highest BCUT2D eigenvalue weighted by Crippen LogP contribution is 2.11. The third-order valence-electron chi connectivity index (χ3n) is 1.88. The maximum Gasteiger partial charge on any atom is 0.0766 e. The Labute approximate surface area is 74.7 Å². The molecule has 0 saturated heterocycles. The zero-order valence-corrected chi connectivity index (χ0v) is 8.28. The predicted molar refractivity (Wildman–Crippen MR) is 50.9 cm³/mol. The van der Waals surface area contributed by atoms with Crippen LogP contribution in [-0.4, -0.2) is 29.4 Å². The first-order valence-electron chi connectivity index (χ1n) is 3.87. The average Bonchev–Trinajstić information content (AvgIpc) is 2.00. The van der Waals surface area contributed by atoms with Crippen molar-refractivity contribution in [2.45, 2.75) is 26.3 Å². The largest absolute Gasteiger partial charge is 0.287 e. The molecule has 0 aliphatic heterocycles. The molecular formula is C9H16ClN. The van der Waals surface area contributed by atoms with E-state index in [0.717, 1.165) is 13.1 Å². The topological polar surface area (TPSA) is 3.24 Å². The lowest BCUT2D eigenvalue weighted by molar-refractivity contribution is 0.191. The minimum atomic E-state index is -0.163. The fraction of sp³-hybridized carbons (Fsp3) is 0.778. The van der Waals surface area contributed by atoms with Crippen LogP contribution in [0.2, 0.25) is 0 Å². The number of hydrogen-bond acceptors (Lipinski definition) is 1. The molecule has 0 aromatic rings. The molecule has 0 saturated carbocycles. The first-order valence-corrected chi connectivity index (χ1v) is 4.40. The molecule has 11 heavy (non-hydrogen) atoms. The smallest absolute Gasteiger partial charge is 0.0766 e. The molecule has 0 spiro atoms. The van der Waals surface area contributed by atoms with Crippen molar-refractivity contribution in [1.29, 1.82) is 0 Å². The van der Waals surface area contributed by atoms with Gasteiger partial charge in [0.25, 0.3) is 0 Å². The van der Waals surface area contributed by atoms with Crippen LogP contribution in [-0.2, 0) is 0 Å². The second-order valence-electron chi connectivity index (χ2n) is 2.97. The van der Waals surface area contributed by atoms with Gasteiger partial charge in [0.15, 0.2) is 0 Å². The number of nitrogens with zero attached hydrogens (tertiary/aromatic N) is 1. The first-order chi connectivity index (χ1) is 5.08. The van der Waals surface area contributed by atoms with Crippen LogP contribution >= 0.6 is 11.6 Å². The molecule has 0 bridgehead atoms. The number of terminal acetylenes is 1. The fourth-order valence-electron chi connectivity index (χ4n) is 1.03. The molecule has 2 heteroatoms. The van der Waals surface area contributed by atoms with Gasteiger partial charge < -0.3 is 0 Å². The van der Waals surface area contributed by atoms with Gasteiger partial charge in [-0.3, -0.25) is 4.90 Å². The van der Waals surface area contributed by atoms with Crippen LogP contribution in [0.15, 0.2) is 0 Å². The van der Waals surface area contributed by atoms with E-state index in [0.29, 0.717) is 5.88 Å². The highest BCUT2D eigenvalue weighted by atomic mass is 35.5. The average molecular weight is 174 g/mol. The lowest BCUT2D eigenvalue weighted by Crippen LogP contribution is -2.43. The minimum absolute atomic E-state index is 0.163. The third kappa shape index (κ3) is 3.14. The van der Waals surface area contributed by atoms with E-state index in [1.54, 1.807) is 0 Å². The van der Waals surface area contributed by atoms with E-state index in [4.69, 9.17) is 18.0 Å². The Morgan fingerprint density at radius 1 is 1.55 bits per heavy atom. The SMILES string of the molecule is C#CC(C)(C)N(CC)CCCl. The first kappa shape index (κ1) is 10.8. The van der Waals surface area contributed by atoms with E-state index >= 15 is 0 Å². The van der Waals surface area contributed by atoms with Gasteiger partial charge in [-0.2, -0.15) is 0 Å². The maximum absolute atomic E-state index is 5.63. The maximum atomic E-state index is 5.63. The molecule has 0 N–H and O–H groups in total. The Kier molecular flexibility index (Phi) is 4.56. The molecule has 0 aliphatic carbocycles. The van der Waals surface area contributed by atoms with Crippen LogP contribution in [0.3, 0.4) is 0 Å². The van der Waals surface area contributed by atoms with Crippen molar-refractivity contribution < 1.29 is 0 Å². The Bertz CT molecular complexity index is 146. The molecular weight excluding hydrogens is 158 g/mol. The summed E-state index contributed by atoms with van der Waals surface area (Å²) in [5.41, 5.74) is -0.163. The van der Waals surface area contributed by atoms with Gasteiger partial charge in [-0.25, -0.2) is 0 Å². The number of hydrogen-bond donors (Lipinski definition) is 0. The number of alkyl halides is 1. The van der Waals surface area contributed by atoms with Gasteiger partial charge in [-0.1, -0.05) is 12.8 Å². The Morgan fingerprint density at radius 3 is 2.36 bits per heavy atom. The fourth-order valence-corrected chi connectivity index (χ4v) is 1.23. The van der Waals surface area contributed by atoms with Crippen molar-refractivity contribution in [2.75, 3.05) is 19.0 Å². The number of halogens is 1. The second-order valence-corrected chi connectivity index (χ2v) is 3.35. The van der Waals surface area contributed by atoms with Gasteiger partial charge in [0.1, 0.15) is 0 Å². The third-order valence-corrected chi connectivity index (χ3v) is 2.05. The molecule has 0 aliphatic rings. The summed E-state index contributed by atoms with van der Waals surface area (Å²) in [6.45, 7) is 7.96. The van der Waals surface area contributed by atoms with Crippen molar-refractivity contribution in [2.24, 2.45) is 0 Å². The van der Waals surface area contributed by atoms with Gasteiger partial charge in [-0.15, -0.1) is 18.0 Å². The van der Waals surface area contributed by atoms with Gasteiger partial charge in [-0.05, 0) is 20.4 Å². The summed E-state index contributed by atoms with van der Waals surface area (Å²) in [4.78, 5) is 2.18. The molecule has 0 fully saturated rings. The van der Waals surface area contributed by atoms with Crippen LogP contribution in [0.4, 0.5) is 0 Å². The van der Waals surface area contributed by atoms with Gasteiger partial charge in [0, 0.05) is 12.4 Å². The standard InChI is InChI=1S/C9H16ClN/c1-5-9(3,4)11(6-2)8-7-10/h1H,6-8H2,2-4H3. The van der Waals surface area contributed by atoms with E-state index in [2.05, 4.69) is 17.7 Å². The summed E-state index contributed by atoms with van der Waals surface area (Å²) < 4.78 is 0. The molecule has 1 nitrogen and oxygen atoms in total. The summed E-state index contributed by atoms with van der Waals surface area (Å²) >= 11 is 5.63. The summed E-state index contributed by atoms with van der Waals surface area (Å²) in [6.07, 6.45) is 5.38. The Morgan fingerprint density at radius 2 is 2.09 bits per heavy atom. The van der Waals surface area contributed by atoms with E-state index in [9.17, 15) is 0 Å². The zero-order chi connectivity index (χ0) is 8.91. The van der Waals surface area contributed by atoms with E-state index in [1.165, 1.54) is 0 Å². The molecule has 0 atom stereocenters. The second kappa shape index (κ2) is 4.64. The highest BCUT2D eigenvalue weighted by Gasteiger charge is 2.21. The van der Waals surface area contributed by atoms with Crippen molar-refractivity contribution in [1.82, 2.24) is 4.90 Å². The highest BCUT2D eigenvalue weighted by molar-refractivity contribution is 6.18. The normalized spacial score (nSPS) is 11.6. The van der Waals surface area contributed by atoms with Gasteiger partial charge in [0.05, 0.1) is 5.54 Å². The van der Waals surface area contributed by atoms with Crippen LogP contribution in [0, 0.1) is 12.3 Å². The van der Waals surface area contributed by atoms with Gasteiger partial charge in [0.2, 0.25) is 0 Å². The van der Waals surface area contributed by atoms with Gasteiger partial charge >= 0.3 is 0 Å². The number of rotatable bonds is 4. The molecule has 0 amide bonds. The lowest BCUT2D eigenvalue weighted by Gasteiger charge is -2.32. The van der Waals surface area contributed by atoms with Crippen LogP contribution in [0.5, 0.6) is 0 Å². The molecule has 0 unspecified atom stereocenters. The quantitative estimate of drug-likeness (QED) is 0.464. The van der Waals surface area contributed by atoms with E-state index < -0.39 is 0 Å². The molecule has 0 radical (unpaired) electrons. The summed E-state index contributed by atoms with van der Waals surface area (Å²) in [5, 5.41) is 0. The van der Waals surface area contributed by atoms with Crippen molar-refractivity contribution in [3.63, 3.8) is 0 Å². The molecule has 0 heterocycles. The van der Waals surface area contributed by atoms with E-state index in [-0.39, 0.29) is 5.54 Å². The van der Waals surface area contributed by atoms with E-state index in [1.807, 2.05) is 13.8 Å². The monoisotopic (exact) mass is 173 g/mol. The summed E-state index contributed by atoms with van der Waals surface area (Å²) in [7, 11) is 0. The summed E-state index contributed by atoms with van der Waals surface area (Å²) in [6, 6.07) is 0. The molecule has 0 rings (SSSR count). The van der Waals surface area contributed by atoms with Crippen LogP contribution < -0.4 is 0 Å². The zero-order valence-electron chi connectivity index (χ0n) is 7.52. The van der Waals surface area contributed by atoms with Crippen LogP contribution in [0.25, 0.3) is 0 Å². The Balaban J connectivity index is 4.14. The summed E-state index contributed by atoms with van der Waals surface area (Å²) in [5.74, 6) is 3.38. The predicted octanol–water partition coefficient (Wildman–Crippen LogP) is 1.96. The van der Waals surface area contributed by atoms with Crippen molar-refractivity contribution in [3.05, 3.63) is 0 Å².